The molecule has 1 atom stereocenters. The Kier molecular flexibility index (Phi) is 7.93. The molecule has 0 unspecified atom stereocenters. The summed E-state index contributed by atoms with van der Waals surface area (Å²) in [6.07, 6.45) is 6.64. The second-order valence-electron chi connectivity index (χ2n) is 9.01. The first-order valence-corrected chi connectivity index (χ1v) is 12.6. The first-order valence-electron chi connectivity index (χ1n) is 12.6. The van der Waals surface area contributed by atoms with Crippen LogP contribution < -0.4 is 14.8 Å². The maximum atomic E-state index is 9.47. The fourth-order valence-electron chi connectivity index (χ4n) is 4.58. The number of aromatic amines is 1. The van der Waals surface area contributed by atoms with Gasteiger partial charge in [0.15, 0.2) is 0 Å². The summed E-state index contributed by atoms with van der Waals surface area (Å²) in [6, 6.07) is 17.7. The summed E-state index contributed by atoms with van der Waals surface area (Å²) in [5, 5.41) is 12.7. The van der Waals surface area contributed by atoms with E-state index >= 15 is 0 Å². The molecule has 4 aromatic rings. The van der Waals surface area contributed by atoms with E-state index in [1.165, 1.54) is 0 Å². The predicted molar refractivity (Wildman–Crippen MR) is 143 cm³/mol. The number of ether oxygens (including phenoxy) is 2. The Labute approximate surface area is 216 Å². The number of anilines is 2. The number of likely N-dealkylation sites (tertiary alicyclic amines) is 1. The van der Waals surface area contributed by atoms with E-state index in [9.17, 15) is 5.11 Å². The zero-order valence-corrected chi connectivity index (χ0v) is 20.9. The summed E-state index contributed by atoms with van der Waals surface area (Å²) < 4.78 is 11.3. The molecule has 5 rings (SSSR count). The number of H-pyrrole nitrogens is 1. The van der Waals surface area contributed by atoms with E-state index in [1.54, 1.807) is 19.5 Å². The van der Waals surface area contributed by atoms with Crippen molar-refractivity contribution in [3.63, 3.8) is 0 Å². The Bertz CT molecular complexity index is 1310. The zero-order chi connectivity index (χ0) is 25.5. The molecule has 0 amide bonds. The van der Waals surface area contributed by atoms with Crippen molar-refractivity contribution in [3.8, 4) is 34.3 Å². The number of aliphatic hydroxyl groups excluding tert-OH is 1. The fourth-order valence-corrected chi connectivity index (χ4v) is 4.58. The number of methoxy groups -OCH3 is 1. The molecular weight excluding hydrogens is 468 g/mol. The highest BCUT2D eigenvalue weighted by Crippen LogP contribution is 2.25. The summed E-state index contributed by atoms with van der Waals surface area (Å²) >= 11 is 0. The van der Waals surface area contributed by atoms with Crippen LogP contribution in [0.5, 0.6) is 11.5 Å². The molecule has 2 aromatic carbocycles. The third kappa shape index (κ3) is 6.25. The highest BCUT2D eigenvalue weighted by molar-refractivity contribution is 5.64. The molecule has 0 bridgehead atoms. The number of hydrogen-bond donors (Lipinski definition) is 3. The summed E-state index contributed by atoms with van der Waals surface area (Å²) in [7, 11) is 1.65. The van der Waals surface area contributed by atoms with Gasteiger partial charge in [0, 0.05) is 36.1 Å². The van der Waals surface area contributed by atoms with Crippen LogP contribution in [0.4, 0.5) is 11.6 Å². The van der Waals surface area contributed by atoms with Crippen LogP contribution in [0.1, 0.15) is 19.3 Å². The van der Waals surface area contributed by atoms with Crippen LogP contribution in [0, 0.1) is 0 Å². The van der Waals surface area contributed by atoms with Crippen molar-refractivity contribution in [1.29, 1.82) is 0 Å². The monoisotopic (exact) mass is 500 g/mol. The second kappa shape index (κ2) is 11.9. The van der Waals surface area contributed by atoms with E-state index in [0.29, 0.717) is 18.6 Å². The van der Waals surface area contributed by atoms with Gasteiger partial charge >= 0.3 is 0 Å². The van der Waals surface area contributed by atoms with Gasteiger partial charge in [-0.05, 0) is 56.1 Å². The van der Waals surface area contributed by atoms with Crippen LogP contribution >= 0.6 is 0 Å². The topological polar surface area (TPSA) is 108 Å². The molecule has 37 heavy (non-hydrogen) atoms. The van der Waals surface area contributed by atoms with Crippen molar-refractivity contribution in [1.82, 2.24) is 24.8 Å². The van der Waals surface area contributed by atoms with Crippen LogP contribution in [0.2, 0.25) is 0 Å². The van der Waals surface area contributed by atoms with Gasteiger partial charge in [-0.1, -0.05) is 18.2 Å². The normalized spacial score (nSPS) is 15.6. The smallest absolute Gasteiger partial charge is 0.227 e. The standard InChI is InChI=1S/C28H32N6O3/c1-36-23-9-2-6-20(16-23)27-30-18-26(32-27)25-11-12-29-28(33-25)31-21-7-3-10-24(17-21)37-15-5-14-34-13-4-8-22(34)19-35/h2-3,6-7,9-12,16-18,22,35H,4-5,8,13-15,19H2,1H3,(H,30,32)(H,29,31,33)/t22-/m0/s1. The molecule has 1 saturated heterocycles. The van der Waals surface area contributed by atoms with E-state index in [-0.39, 0.29) is 6.61 Å². The molecule has 0 radical (unpaired) electrons. The lowest BCUT2D eigenvalue weighted by Gasteiger charge is -2.22. The van der Waals surface area contributed by atoms with Gasteiger partial charge in [0.05, 0.1) is 37.9 Å². The second-order valence-corrected chi connectivity index (χ2v) is 9.01. The molecule has 3 heterocycles. The maximum Gasteiger partial charge on any atom is 0.227 e. The number of rotatable bonds is 11. The van der Waals surface area contributed by atoms with Gasteiger partial charge in [-0.3, -0.25) is 4.90 Å². The van der Waals surface area contributed by atoms with E-state index in [1.807, 2.05) is 54.6 Å². The molecule has 9 heteroatoms. The number of hydrogen-bond acceptors (Lipinski definition) is 8. The van der Waals surface area contributed by atoms with Gasteiger partial charge in [0.2, 0.25) is 5.95 Å². The van der Waals surface area contributed by atoms with Gasteiger partial charge in [-0.2, -0.15) is 0 Å². The Balaban J connectivity index is 1.19. The lowest BCUT2D eigenvalue weighted by molar-refractivity contribution is 0.150. The molecule has 9 nitrogen and oxygen atoms in total. The van der Waals surface area contributed by atoms with Crippen LogP contribution in [0.25, 0.3) is 22.8 Å². The number of imidazole rings is 1. The number of nitrogens with one attached hydrogen (secondary N) is 2. The lowest BCUT2D eigenvalue weighted by atomic mass is 10.2. The molecule has 1 aliphatic heterocycles. The van der Waals surface area contributed by atoms with Crippen molar-refractivity contribution >= 4 is 11.6 Å². The van der Waals surface area contributed by atoms with E-state index < -0.39 is 0 Å². The van der Waals surface area contributed by atoms with Crippen molar-refractivity contribution in [2.75, 3.05) is 38.7 Å². The van der Waals surface area contributed by atoms with Gasteiger partial charge in [0.1, 0.15) is 17.3 Å². The van der Waals surface area contributed by atoms with Crippen LogP contribution in [-0.2, 0) is 0 Å². The number of aliphatic hydroxyl groups is 1. The van der Waals surface area contributed by atoms with Crippen LogP contribution in [0.3, 0.4) is 0 Å². The zero-order valence-electron chi connectivity index (χ0n) is 20.9. The fraction of sp³-hybridized carbons (Fsp3) is 0.321. The minimum Gasteiger partial charge on any atom is -0.497 e. The molecule has 0 aliphatic carbocycles. The molecule has 192 valence electrons. The van der Waals surface area contributed by atoms with Crippen LogP contribution in [-0.4, -0.2) is 69.4 Å². The maximum absolute atomic E-state index is 9.47. The first-order chi connectivity index (χ1) is 18.2. The molecule has 0 spiro atoms. The Hall–Kier alpha value is -3.95. The summed E-state index contributed by atoms with van der Waals surface area (Å²) in [5.41, 5.74) is 3.30. The number of nitrogens with zero attached hydrogens (tertiary/aromatic N) is 4. The highest BCUT2D eigenvalue weighted by Gasteiger charge is 2.22. The van der Waals surface area contributed by atoms with Crippen molar-refractivity contribution < 1.29 is 14.6 Å². The molecular formula is C28H32N6O3. The molecule has 3 N–H and O–H groups in total. The molecule has 1 aliphatic rings. The SMILES string of the molecule is COc1cccc(-c2ncc(-c3ccnc(Nc4cccc(OCCCN5CCC[C@H]5CO)c4)n3)[nH]2)c1. The van der Waals surface area contributed by atoms with Gasteiger partial charge in [0.25, 0.3) is 0 Å². The van der Waals surface area contributed by atoms with E-state index in [0.717, 1.165) is 72.3 Å². The molecule has 0 saturated carbocycles. The summed E-state index contributed by atoms with van der Waals surface area (Å²) in [4.78, 5) is 19.2. The average molecular weight is 501 g/mol. The Morgan fingerprint density at radius 3 is 2.89 bits per heavy atom. The Morgan fingerprint density at radius 2 is 2.00 bits per heavy atom. The average Bonchev–Trinajstić information content (AvgIpc) is 3.62. The molecule has 2 aromatic heterocycles. The van der Waals surface area contributed by atoms with Gasteiger partial charge < -0.3 is 24.9 Å². The lowest BCUT2D eigenvalue weighted by Crippen LogP contribution is -2.33. The van der Waals surface area contributed by atoms with Crippen molar-refractivity contribution in [3.05, 3.63) is 67.0 Å². The predicted octanol–water partition coefficient (Wildman–Crippen LogP) is 4.51. The van der Waals surface area contributed by atoms with Gasteiger partial charge in [-0.25, -0.2) is 15.0 Å². The Morgan fingerprint density at radius 1 is 1.11 bits per heavy atom. The summed E-state index contributed by atoms with van der Waals surface area (Å²) in [5.74, 6) is 2.79. The van der Waals surface area contributed by atoms with E-state index in [4.69, 9.17) is 9.47 Å². The van der Waals surface area contributed by atoms with Gasteiger partial charge in [-0.15, -0.1) is 0 Å². The third-order valence-electron chi connectivity index (χ3n) is 6.51. The third-order valence-corrected chi connectivity index (χ3v) is 6.51. The molecule has 1 fully saturated rings. The highest BCUT2D eigenvalue weighted by atomic mass is 16.5. The quantitative estimate of drug-likeness (QED) is 0.258. The van der Waals surface area contributed by atoms with E-state index in [2.05, 4.69) is 30.2 Å². The minimum atomic E-state index is 0.238. The first kappa shape index (κ1) is 24.7. The largest absolute Gasteiger partial charge is 0.497 e. The number of benzene rings is 2. The van der Waals surface area contributed by atoms with Crippen molar-refractivity contribution in [2.24, 2.45) is 0 Å². The van der Waals surface area contributed by atoms with Crippen molar-refractivity contribution in [2.45, 2.75) is 25.3 Å². The summed E-state index contributed by atoms with van der Waals surface area (Å²) in [6.45, 7) is 2.86. The van der Waals surface area contributed by atoms with Crippen LogP contribution in [0.15, 0.2) is 67.0 Å². The number of aromatic nitrogens is 4. The minimum absolute atomic E-state index is 0.238.